The first kappa shape index (κ1) is 15.7. The van der Waals surface area contributed by atoms with Crippen molar-refractivity contribution in [2.24, 2.45) is 5.73 Å². The highest BCUT2D eigenvalue weighted by molar-refractivity contribution is 5.08. The number of likely N-dealkylation sites (tertiary alicyclic amines) is 2. The Kier molecular flexibility index (Phi) is 4.60. The Morgan fingerprint density at radius 1 is 1.19 bits per heavy atom. The zero-order valence-electron chi connectivity index (χ0n) is 14.2. The minimum absolute atomic E-state index is 0.254. The molecule has 2 N–H and O–H groups in total. The molecule has 3 unspecified atom stereocenters. The Hall–Kier alpha value is -0.160. The number of nitrogens with two attached hydrogens (primary N) is 1. The molecule has 0 amide bonds. The van der Waals surface area contributed by atoms with Crippen molar-refractivity contribution >= 4 is 0 Å². The monoisotopic (exact) mass is 294 g/mol. The van der Waals surface area contributed by atoms with Crippen molar-refractivity contribution in [1.29, 1.82) is 0 Å². The largest absolute Gasteiger partial charge is 0.329 e. The molecule has 21 heavy (non-hydrogen) atoms. The molecule has 2 saturated heterocycles. The second-order valence-electron chi connectivity index (χ2n) is 7.49. The molecular formula is C17H34N4. The summed E-state index contributed by atoms with van der Waals surface area (Å²) in [7, 11) is 0. The fourth-order valence-electron chi connectivity index (χ4n) is 4.84. The summed E-state index contributed by atoms with van der Waals surface area (Å²) >= 11 is 0. The molecule has 0 aromatic heterocycles. The van der Waals surface area contributed by atoms with Crippen LogP contribution in [0.3, 0.4) is 0 Å². The molecule has 2 aliphatic heterocycles. The van der Waals surface area contributed by atoms with Gasteiger partial charge < -0.3 is 5.73 Å². The number of hydrogen-bond acceptors (Lipinski definition) is 4. The van der Waals surface area contributed by atoms with Crippen LogP contribution >= 0.6 is 0 Å². The van der Waals surface area contributed by atoms with Crippen LogP contribution < -0.4 is 5.73 Å². The lowest BCUT2D eigenvalue weighted by Crippen LogP contribution is -2.55. The van der Waals surface area contributed by atoms with E-state index in [4.69, 9.17) is 5.73 Å². The van der Waals surface area contributed by atoms with E-state index in [1.807, 2.05) is 0 Å². The van der Waals surface area contributed by atoms with Crippen molar-refractivity contribution in [3.63, 3.8) is 0 Å². The fourth-order valence-corrected chi connectivity index (χ4v) is 4.84. The maximum Gasteiger partial charge on any atom is 0.0474 e. The first-order valence-electron chi connectivity index (χ1n) is 9.08. The van der Waals surface area contributed by atoms with Gasteiger partial charge in [-0.25, -0.2) is 0 Å². The average Bonchev–Trinajstić information content (AvgIpc) is 3.10. The average molecular weight is 294 g/mol. The van der Waals surface area contributed by atoms with Gasteiger partial charge in [0.1, 0.15) is 0 Å². The first-order chi connectivity index (χ1) is 10.1. The summed E-state index contributed by atoms with van der Waals surface area (Å²) in [5.41, 5.74) is 6.55. The third-order valence-corrected chi connectivity index (χ3v) is 6.28. The van der Waals surface area contributed by atoms with E-state index in [2.05, 4.69) is 35.5 Å². The molecule has 1 saturated carbocycles. The summed E-state index contributed by atoms with van der Waals surface area (Å²) < 4.78 is 0. The zero-order chi connectivity index (χ0) is 15.0. The van der Waals surface area contributed by atoms with Gasteiger partial charge in [0, 0.05) is 49.8 Å². The Bertz CT molecular complexity index is 353. The Morgan fingerprint density at radius 3 is 2.48 bits per heavy atom. The topological polar surface area (TPSA) is 35.7 Å². The lowest BCUT2D eigenvalue weighted by Gasteiger charge is -2.39. The molecule has 3 rings (SSSR count). The van der Waals surface area contributed by atoms with Crippen molar-refractivity contribution in [1.82, 2.24) is 14.7 Å². The third-order valence-electron chi connectivity index (χ3n) is 6.28. The van der Waals surface area contributed by atoms with Gasteiger partial charge in [0.2, 0.25) is 0 Å². The van der Waals surface area contributed by atoms with Gasteiger partial charge in [-0.2, -0.15) is 0 Å². The quantitative estimate of drug-likeness (QED) is 0.802. The molecule has 3 atom stereocenters. The van der Waals surface area contributed by atoms with E-state index in [9.17, 15) is 0 Å². The minimum Gasteiger partial charge on any atom is -0.329 e. The van der Waals surface area contributed by atoms with E-state index in [0.717, 1.165) is 18.6 Å². The molecule has 0 spiro atoms. The maximum atomic E-state index is 6.30. The Morgan fingerprint density at radius 2 is 1.90 bits per heavy atom. The number of rotatable bonds is 6. The van der Waals surface area contributed by atoms with Crippen LogP contribution in [0.15, 0.2) is 0 Å². The van der Waals surface area contributed by atoms with Crippen molar-refractivity contribution in [3.8, 4) is 0 Å². The standard InChI is InChI=1S/C17H34N4/c1-4-19(5-2)16-8-9-20(11-16)17(12-18)10-14(3)21(13-17)15-6-7-15/h14-16H,4-13,18H2,1-3H3. The molecule has 3 aliphatic rings. The van der Waals surface area contributed by atoms with E-state index in [1.165, 1.54) is 58.4 Å². The smallest absolute Gasteiger partial charge is 0.0474 e. The zero-order valence-corrected chi connectivity index (χ0v) is 14.2. The minimum atomic E-state index is 0.254. The molecule has 4 heteroatoms. The summed E-state index contributed by atoms with van der Waals surface area (Å²) in [5, 5.41) is 0. The maximum absolute atomic E-state index is 6.30. The summed E-state index contributed by atoms with van der Waals surface area (Å²) in [6, 6.07) is 2.33. The third kappa shape index (κ3) is 2.88. The Balaban J connectivity index is 1.67. The molecule has 0 aromatic rings. The molecule has 0 bridgehead atoms. The summed E-state index contributed by atoms with van der Waals surface area (Å²) in [6.07, 6.45) is 5.41. The van der Waals surface area contributed by atoms with Crippen molar-refractivity contribution in [3.05, 3.63) is 0 Å². The van der Waals surface area contributed by atoms with Gasteiger partial charge in [0.15, 0.2) is 0 Å². The van der Waals surface area contributed by atoms with Crippen LogP contribution in [0.25, 0.3) is 0 Å². The molecule has 2 heterocycles. The number of nitrogens with zero attached hydrogens (tertiary/aromatic N) is 3. The van der Waals surface area contributed by atoms with Crippen molar-refractivity contribution in [2.75, 3.05) is 39.3 Å². The molecule has 4 nitrogen and oxygen atoms in total. The van der Waals surface area contributed by atoms with Crippen LogP contribution in [0.4, 0.5) is 0 Å². The molecule has 0 radical (unpaired) electrons. The van der Waals surface area contributed by atoms with Gasteiger partial charge in [-0.3, -0.25) is 14.7 Å². The van der Waals surface area contributed by atoms with E-state index < -0.39 is 0 Å². The van der Waals surface area contributed by atoms with Gasteiger partial charge in [-0.05, 0) is 45.7 Å². The van der Waals surface area contributed by atoms with Crippen molar-refractivity contribution < 1.29 is 0 Å². The van der Waals surface area contributed by atoms with Gasteiger partial charge in [0.25, 0.3) is 0 Å². The van der Waals surface area contributed by atoms with Crippen LogP contribution in [-0.4, -0.2) is 77.6 Å². The normalized spacial score (nSPS) is 38.7. The highest BCUT2D eigenvalue weighted by Crippen LogP contribution is 2.40. The second kappa shape index (κ2) is 6.15. The molecule has 122 valence electrons. The van der Waals surface area contributed by atoms with Crippen LogP contribution in [-0.2, 0) is 0 Å². The van der Waals surface area contributed by atoms with Gasteiger partial charge >= 0.3 is 0 Å². The lowest BCUT2D eigenvalue weighted by atomic mass is 9.94. The SMILES string of the molecule is CCN(CC)C1CCN(C2(CN)CC(C)N(C3CC3)C2)C1. The van der Waals surface area contributed by atoms with Crippen LogP contribution in [0.5, 0.6) is 0 Å². The second-order valence-corrected chi connectivity index (χ2v) is 7.49. The summed E-state index contributed by atoms with van der Waals surface area (Å²) in [5.74, 6) is 0. The van der Waals surface area contributed by atoms with E-state index in [-0.39, 0.29) is 5.54 Å². The summed E-state index contributed by atoms with van der Waals surface area (Å²) in [4.78, 5) is 8.12. The molecule has 1 aliphatic carbocycles. The predicted octanol–water partition coefficient (Wildman–Crippen LogP) is 1.36. The predicted molar refractivity (Wildman–Crippen MR) is 88.5 cm³/mol. The Labute approximate surface area is 130 Å². The number of hydrogen-bond donors (Lipinski definition) is 1. The molecular weight excluding hydrogens is 260 g/mol. The van der Waals surface area contributed by atoms with Crippen LogP contribution in [0.1, 0.15) is 46.5 Å². The molecule has 0 aromatic carbocycles. The highest BCUT2D eigenvalue weighted by atomic mass is 15.4. The van der Waals surface area contributed by atoms with E-state index >= 15 is 0 Å². The summed E-state index contributed by atoms with van der Waals surface area (Å²) in [6.45, 7) is 13.8. The van der Waals surface area contributed by atoms with Gasteiger partial charge in [-0.1, -0.05) is 13.8 Å². The van der Waals surface area contributed by atoms with Crippen molar-refractivity contribution in [2.45, 2.75) is 70.1 Å². The first-order valence-corrected chi connectivity index (χ1v) is 9.08. The van der Waals surface area contributed by atoms with Gasteiger partial charge in [0.05, 0.1) is 0 Å². The van der Waals surface area contributed by atoms with Crippen LogP contribution in [0, 0.1) is 0 Å². The van der Waals surface area contributed by atoms with E-state index in [1.54, 1.807) is 0 Å². The van der Waals surface area contributed by atoms with Gasteiger partial charge in [-0.15, -0.1) is 0 Å². The lowest BCUT2D eigenvalue weighted by molar-refractivity contribution is 0.111. The number of likely N-dealkylation sites (N-methyl/N-ethyl adjacent to an activating group) is 1. The molecule has 3 fully saturated rings. The van der Waals surface area contributed by atoms with Crippen LogP contribution in [0.2, 0.25) is 0 Å². The highest BCUT2D eigenvalue weighted by Gasteiger charge is 2.50. The van der Waals surface area contributed by atoms with E-state index in [0.29, 0.717) is 6.04 Å². The fraction of sp³-hybridized carbons (Fsp3) is 1.00.